The lowest BCUT2D eigenvalue weighted by Crippen LogP contribution is -2.53. The van der Waals surface area contributed by atoms with Crippen LogP contribution in [0.25, 0.3) is 10.9 Å². The first-order chi connectivity index (χ1) is 16.9. The maximum atomic E-state index is 15.6. The number of ether oxygens (including phenoxy) is 1. The van der Waals surface area contributed by atoms with E-state index in [0.717, 1.165) is 22.2 Å². The van der Waals surface area contributed by atoms with Crippen molar-refractivity contribution in [2.75, 3.05) is 32.9 Å². The van der Waals surface area contributed by atoms with E-state index in [4.69, 9.17) is 4.74 Å². The van der Waals surface area contributed by atoms with Crippen LogP contribution >= 0.6 is 0 Å². The molecule has 0 bridgehead atoms. The molecule has 3 heterocycles. The number of carbonyl (C=O) groups is 1. The molecule has 0 radical (unpaired) electrons. The van der Waals surface area contributed by atoms with Crippen molar-refractivity contribution in [2.24, 2.45) is 0 Å². The number of rotatable bonds is 8. The number of nitrogens with zero attached hydrogens (tertiary/aromatic N) is 2. The summed E-state index contributed by atoms with van der Waals surface area (Å²) >= 11 is 0. The maximum Gasteiger partial charge on any atom is 0.143 e. The van der Waals surface area contributed by atoms with Gasteiger partial charge in [-0.2, -0.15) is 0 Å². The van der Waals surface area contributed by atoms with Gasteiger partial charge < -0.3 is 9.72 Å². The maximum absolute atomic E-state index is 15.6. The molecular weight excluding hydrogens is 455 g/mol. The van der Waals surface area contributed by atoms with Gasteiger partial charge in [0.05, 0.1) is 19.3 Å². The minimum atomic E-state index is -0.765. The predicted molar refractivity (Wildman–Crippen MR) is 129 cm³/mol. The third-order valence-corrected chi connectivity index (χ3v) is 7.08. The number of carbonyl (C=O) groups excluding carboxylic acids is 1. The summed E-state index contributed by atoms with van der Waals surface area (Å²) in [7, 11) is 0. The fourth-order valence-corrected chi connectivity index (χ4v) is 5.47. The molecule has 0 saturated carbocycles. The molecule has 2 aromatic carbocycles. The van der Waals surface area contributed by atoms with Crippen LogP contribution in [0.2, 0.25) is 0 Å². The van der Waals surface area contributed by atoms with E-state index in [1.54, 1.807) is 0 Å². The van der Waals surface area contributed by atoms with Gasteiger partial charge in [0, 0.05) is 60.0 Å². The molecule has 186 valence electrons. The Morgan fingerprint density at radius 2 is 1.89 bits per heavy atom. The van der Waals surface area contributed by atoms with Gasteiger partial charge in [-0.1, -0.05) is 18.2 Å². The van der Waals surface area contributed by atoms with Crippen molar-refractivity contribution >= 4 is 16.7 Å². The van der Waals surface area contributed by atoms with E-state index in [0.29, 0.717) is 32.5 Å². The van der Waals surface area contributed by atoms with Gasteiger partial charge in [-0.3, -0.25) is 19.0 Å². The number of halogens is 3. The van der Waals surface area contributed by atoms with Crippen LogP contribution in [0.5, 0.6) is 5.75 Å². The standard InChI is InChI=1S/C27H30F3N3O2/c1-16-10-21-20-6-3-4-7-24(20)31-26(21)27(33(16)13-17(2)34)25-22(29)11-18(12-23(25)30)35-19-14-32(15-19)9-5-8-28/h3-4,6-7,11-12,16,19,27,31H,5,8-10,13-15H2,1-2H3/t16-,27+/m1/s1. The number of H-pyrrole nitrogens is 1. The third-order valence-electron chi connectivity index (χ3n) is 7.08. The first kappa shape index (κ1) is 23.9. The summed E-state index contributed by atoms with van der Waals surface area (Å²) in [6, 6.07) is 9.44. The molecule has 2 atom stereocenters. The van der Waals surface area contributed by atoms with Crippen LogP contribution < -0.4 is 4.74 Å². The highest BCUT2D eigenvalue weighted by Crippen LogP contribution is 2.43. The van der Waals surface area contributed by atoms with E-state index in [1.165, 1.54) is 19.1 Å². The number of hydrogen-bond donors (Lipinski definition) is 1. The Labute approximate surface area is 202 Å². The van der Waals surface area contributed by atoms with Gasteiger partial charge in [-0.25, -0.2) is 8.78 Å². The van der Waals surface area contributed by atoms with Gasteiger partial charge in [-0.05, 0) is 38.3 Å². The molecular formula is C27H30F3N3O2. The van der Waals surface area contributed by atoms with Crippen LogP contribution in [0.4, 0.5) is 13.2 Å². The zero-order valence-corrected chi connectivity index (χ0v) is 20.0. The molecule has 5 nitrogen and oxygen atoms in total. The van der Waals surface area contributed by atoms with Crippen LogP contribution in [0.1, 0.15) is 43.1 Å². The summed E-state index contributed by atoms with van der Waals surface area (Å²) in [4.78, 5) is 19.4. The van der Waals surface area contributed by atoms with E-state index in [2.05, 4.69) is 4.98 Å². The second kappa shape index (κ2) is 9.66. The number of aromatic amines is 1. The largest absolute Gasteiger partial charge is 0.488 e. The highest BCUT2D eigenvalue weighted by atomic mass is 19.1. The molecule has 0 aliphatic carbocycles. The second-order valence-corrected chi connectivity index (χ2v) is 9.74. The van der Waals surface area contributed by atoms with Crippen molar-refractivity contribution in [3.05, 3.63) is 64.9 Å². The molecule has 2 aliphatic heterocycles. The summed E-state index contributed by atoms with van der Waals surface area (Å²) in [5.74, 6) is -1.33. The zero-order valence-electron chi connectivity index (χ0n) is 20.0. The van der Waals surface area contributed by atoms with E-state index in [-0.39, 0.29) is 42.5 Å². The van der Waals surface area contributed by atoms with Crippen molar-refractivity contribution in [3.63, 3.8) is 0 Å². The van der Waals surface area contributed by atoms with Crippen molar-refractivity contribution in [3.8, 4) is 5.75 Å². The molecule has 1 aromatic heterocycles. The number of benzene rings is 2. The number of para-hydroxylation sites is 1. The van der Waals surface area contributed by atoms with E-state index in [9.17, 15) is 9.18 Å². The summed E-state index contributed by atoms with van der Waals surface area (Å²) in [6.45, 7) is 5.07. The quantitative estimate of drug-likeness (QED) is 0.498. The van der Waals surface area contributed by atoms with Gasteiger partial charge in [-0.15, -0.1) is 0 Å². The Hall–Kier alpha value is -2.84. The predicted octanol–water partition coefficient (Wildman–Crippen LogP) is 4.79. The van der Waals surface area contributed by atoms with Crippen molar-refractivity contribution in [1.29, 1.82) is 0 Å². The molecule has 5 rings (SSSR count). The van der Waals surface area contributed by atoms with Crippen molar-refractivity contribution in [1.82, 2.24) is 14.8 Å². The normalized spacial score (nSPS) is 21.2. The Balaban J connectivity index is 1.49. The fraction of sp³-hybridized carbons (Fsp3) is 0.444. The average molecular weight is 486 g/mol. The first-order valence-electron chi connectivity index (χ1n) is 12.1. The highest BCUT2D eigenvalue weighted by molar-refractivity contribution is 5.85. The molecule has 2 aliphatic rings. The van der Waals surface area contributed by atoms with Crippen molar-refractivity contribution < 1.29 is 22.7 Å². The van der Waals surface area contributed by atoms with Crippen LogP contribution in [0.15, 0.2) is 36.4 Å². The van der Waals surface area contributed by atoms with Gasteiger partial charge in [0.2, 0.25) is 0 Å². The smallest absolute Gasteiger partial charge is 0.143 e. The number of alkyl halides is 1. The van der Waals surface area contributed by atoms with E-state index >= 15 is 8.78 Å². The summed E-state index contributed by atoms with van der Waals surface area (Å²) in [5.41, 5.74) is 2.57. The molecule has 3 aromatic rings. The SMILES string of the molecule is CC(=O)CN1[C@@H](c2c(F)cc(OC3CN(CCCF)C3)cc2F)c2[nH]c3ccccc3c2C[C@H]1C. The molecule has 1 fully saturated rings. The third kappa shape index (κ3) is 4.57. The fourth-order valence-electron chi connectivity index (χ4n) is 5.47. The number of likely N-dealkylation sites (tertiary alicyclic amines) is 1. The number of Topliss-reactive ketones (excluding diaryl/α,β-unsaturated/α-hetero) is 1. The highest BCUT2D eigenvalue weighted by Gasteiger charge is 2.39. The number of fused-ring (bicyclic) bond motifs is 3. The summed E-state index contributed by atoms with van der Waals surface area (Å²) in [6.07, 6.45) is 0.967. The van der Waals surface area contributed by atoms with E-state index in [1.807, 2.05) is 41.0 Å². The minimum Gasteiger partial charge on any atom is -0.488 e. The Morgan fingerprint density at radius 3 is 2.57 bits per heavy atom. The second-order valence-electron chi connectivity index (χ2n) is 9.74. The molecule has 35 heavy (non-hydrogen) atoms. The lowest BCUT2D eigenvalue weighted by Gasteiger charge is -2.41. The molecule has 8 heteroatoms. The molecule has 1 N–H and O–H groups in total. The Bertz CT molecular complexity index is 1210. The van der Waals surface area contributed by atoms with Gasteiger partial charge in [0.15, 0.2) is 0 Å². The average Bonchev–Trinajstić information content (AvgIpc) is 3.14. The first-order valence-corrected chi connectivity index (χ1v) is 12.1. The number of aromatic nitrogens is 1. The van der Waals surface area contributed by atoms with Crippen molar-refractivity contribution in [2.45, 2.75) is 44.9 Å². The summed E-state index contributed by atoms with van der Waals surface area (Å²) < 4.78 is 49.4. The topological polar surface area (TPSA) is 48.6 Å². The van der Waals surface area contributed by atoms with Crippen LogP contribution in [0.3, 0.4) is 0 Å². The molecule has 1 saturated heterocycles. The minimum absolute atomic E-state index is 0.0653. The monoisotopic (exact) mass is 485 g/mol. The Morgan fingerprint density at radius 1 is 1.17 bits per heavy atom. The van der Waals surface area contributed by atoms with Gasteiger partial charge in [0.1, 0.15) is 29.3 Å². The van der Waals surface area contributed by atoms with Crippen LogP contribution in [-0.4, -0.2) is 65.6 Å². The Kier molecular flexibility index (Phi) is 6.59. The van der Waals surface area contributed by atoms with Crippen LogP contribution in [-0.2, 0) is 11.2 Å². The number of hydrogen-bond acceptors (Lipinski definition) is 4. The van der Waals surface area contributed by atoms with Gasteiger partial charge >= 0.3 is 0 Å². The lowest BCUT2D eigenvalue weighted by atomic mass is 9.88. The molecule has 0 spiro atoms. The molecule has 0 unspecified atom stereocenters. The van der Waals surface area contributed by atoms with Gasteiger partial charge in [0.25, 0.3) is 0 Å². The zero-order chi connectivity index (χ0) is 24.7. The lowest BCUT2D eigenvalue weighted by molar-refractivity contribution is -0.119. The van der Waals surface area contributed by atoms with Crippen LogP contribution in [0, 0.1) is 11.6 Å². The number of nitrogens with one attached hydrogen (secondary N) is 1. The summed E-state index contributed by atoms with van der Waals surface area (Å²) in [5, 5.41) is 1.03. The van der Waals surface area contributed by atoms with E-state index < -0.39 is 17.7 Å². The molecule has 0 amide bonds. The number of ketones is 1.